The van der Waals surface area contributed by atoms with Crippen molar-refractivity contribution in [1.29, 1.82) is 0 Å². The van der Waals surface area contributed by atoms with Crippen LogP contribution >= 0.6 is 0 Å². The molecule has 0 radical (unpaired) electrons. The van der Waals surface area contributed by atoms with Gasteiger partial charge in [-0.15, -0.1) is 0 Å². The van der Waals surface area contributed by atoms with Crippen molar-refractivity contribution in [2.45, 2.75) is 19.8 Å². The van der Waals surface area contributed by atoms with Crippen LogP contribution in [0.2, 0.25) is 0 Å². The number of nitrogens with zero attached hydrogens (tertiary/aromatic N) is 2. The number of hydrogen-bond acceptors (Lipinski definition) is 5. The Morgan fingerprint density at radius 1 is 1.05 bits per heavy atom. The van der Waals surface area contributed by atoms with E-state index in [1.165, 1.54) is 19.0 Å². The Morgan fingerprint density at radius 3 is 2.26 bits per heavy atom. The summed E-state index contributed by atoms with van der Waals surface area (Å²) < 4.78 is 10.6. The Kier molecular flexibility index (Phi) is 3.85. The average molecular weight is 259 g/mol. The van der Waals surface area contributed by atoms with Gasteiger partial charge in [-0.1, -0.05) is 26.0 Å². The van der Waals surface area contributed by atoms with Crippen molar-refractivity contribution in [1.82, 2.24) is 9.97 Å². The van der Waals surface area contributed by atoms with Gasteiger partial charge in [0, 0.05) is 0 Å². The highest BCUT2D eigenvalue weighted by atomic mass is 16.5. The van der Waals surface area contributed by atoms with Gasteiger partial charge in [0.1, 0.15) is 12.1 Å². The van der Waals surface area contributed by atoms with E-state index < -0.39 is 0 Å². The van der Waals surface area contributed by atoms with Gasteiger partial charge in [-0.25, -0.2) is 0 Å². The van der Waals surface area contributed by atoms with E-state index in [1.807, 2.05) is 24.3 Å². The maximum Gasteiger partial charge on any atom is 0.249 e. The molecule has 100 valence electrons. The zero-order valence-corrected chi connectivity index (χ0v) is 11.3. The molecule has 5 heteroatoms. The molecule has 0 saturated heterocycles. The second-order valence-electron chi connectivity index (χ2n) is 4.43. The van der Waals surface area contributed by atoms with Crippen molar-refractivity contribution < 1.29 is 9.47 Å². The zero-order chi connectivity index (χ0) is 13.8. The minimum Gasteiger partial charge on any atom is -0.479 e. The molecule has 0 unspecified atom stereocenters. The number of anilines is 1. The Labute approximate surface area is 112 Å². The van der Waals surface area contributed by atoms with E-state index >= 15 is 0 Å². The van der Waals surface area contributed by atoms with Crippen molar-refractivity contribution in [3.63, 3.8) is 0 Å². The number of rotatable bonds is 4. The van der Waals surface area contributed by atoms with Crippen LogP contribution in [0.1, 0.15) is 25.3 Å². The fraction of sp³-hybridized carbons (Fsp3) is 0.286. The smallest absolute Gasteiger partial charge is 0.249 e. The molecule has 0 fully saturated rings. The average Bonchev–Trinajstić information content (AvgIpc) is 2.42. The highest BCUT2D eigenvalue weighted by Gasteiger charge is 2.10. The zero-order valence-electron chi connectivity index (χ0n) is 11.3. The maximum absolute atomic E-state index is 5.84. The lowest BCUT2D eigenvalue weighted by Gasteiger charge is -2.10. The molecule has 1 aromatic carbocycles. The molecule has 0 aliphatic heterocycles. The van der Waals surface area contributed by atoms with Crippen LogP contribution in [0.4, 0.5) is 5.69 Å². The number of benzene rings is 1. The van der Waals surface area contributed by atoms with Crippen molar-refractivity contribution >= 4 is 5.69 Å². The van der Waals surface area contributed by atoms with Crippen LogP contribution in [0, 0.1) is 0 Å². The topological polar surface area (TPSA) is 70.3 Å². The van der Waals surface area contributed by atoms with Crippen molar-refractivity contribution in [3.8, 4) is 17.5 Å². The molecule has 0 saturated carbocycles. The van der Waals surface area contributed by atoms with Gasteiger partial charge in [-0.05, 0) is 23.6 Å². The second-order valence-corrected chi connectivity index (χ2v) is 4.43. The molecule has 19 heavy (non-hydrogen) atoms. The van der Waals surface area contributed by atoms with Crippen LogP contribution in [0.3, 0.4) is 0 Å². The van der Waals surface area contributed by atoms with Gasteiger partial charge in [-0.3, -0.25) is 0 Å². The number of aromatic nitrogens is 2. The Bertz CT molecular complexity index is 553. The van der Waals surface area contributed by atoms with E-state index in [9.17, 15) is 0 Å². The highest BCUT2D eigenvalue weighted by Crippen LogP contribution is 2.30. The SMILES string of the molecule is COc1ncnc(Oc2ccc(C(C)C)cc2)c1N. The van der Waals surface area contributed by atoms with Gasteiger partial charge in [-0.2, -0.15) is 9.97 Å². The molecule has 2 N–H and O–H groups in total. The van der Waals surface area contributed by atoms with E-state index in [2.05, 4.69) is 23.8 Å². The monoisotopic (exact) mass is 259 g/mol. The van der Waals surface area contributed by atoms with Crippen molar-refractivity contribution in [2.24, 2.45) is 0 Å². The Morgan fingerprint density at radius 2 is 1.68 bits per heavy atom. The van der Waals surface area contributed by atoms with Crippen molar-refractivity contribution in [3.05, 3.63) is 36.2 Å². The molecule has 0 aliphatic carbocycles. The third kappa shape index (κ3) is 2.93. The second kappa shape index (κ2) is 5.56. The first-order valence-electron chi connectivity index (χ1n) is 6.04. The molecule has 0 amide bonds. The maximum atomic E-state index is 5.84. The molecule has 2 rings (SSSR count). The fourth-order valence-corrected chi connectivity index (χ4v) is 1.64. The highest BCUT2D eigenvalue weighted by molar-refractivity contribution is 5.56. The summed E-state index contributed by atoms with van der Waals surface area (Å²) in [5, 5.41) is 0. The molecular formula is C14H17N3O2. The fourth-order valence-electron chi connectivity index (χ4n) is 1.64. The lowest BCUT2D eigenvalue weighted by molar-refractivity contribution is 0.391. The summed E-state index contributed by atoms with van der Waals surface area (Å²) in [6.07, 6.45) is 1.35. The Hall–Kier alpha value is -2.30. The predicted molar refractivity (Wildman–Crippen MR) is 73.6 cm³/mol. The summed E-state index contributed by atoms with van der Waals surface area (Å²) in [5.41, 5.74) is 7.39. The van der Waals surface area contributed by atoms with E-state index in [0.29, 0.717) is 23.4 Å². The van der Waals surface area contributed by atoms with E-state index in [1.54, 1.807) is 0 Å². The first-order valence-corrected chi connectivity index (χ1v) is 6.04. The van der Waals surface area contributed by atoms with Crippen LogP contribution in [0.15, 0.2) is 30.6 Å². The number of hydrogen-bond donors (Lipinski definition) is 1. The third-order valence-electron chi connectivity index (χ3n) is 2.77. The van der Waals surface area contributed by atoms with Crippen LogP contribution in [0.25, 0.3) is 0 Å². The molecule has 1 heterocycles. The van der Waals surface area contributed by atoms with Gasteiger partial charge in [0.25, 0.3) is 0 Å². The van der Waals surface area contributed by atoms with Gasteiger partial charge in [0.05, 0.1) is 7.11 Å². The summed E-state index contributed by atoms with van der Waals surface area (Å²) in [7, 11) is 1.50. The summed E-state index contributed by atoms with van der Waals surface area (Å²) in [6, 6.07) is 7.83. The van der Waals surface area contributed by atoms with Crippen molar-refractivity contribution in [2.75, 3.05) is 12.8 Å². The standard InChI is InChI=1S/C14H17N3O2/c1-9(2)10-4-6-11(7-5-10)19-14-12(15)13(18-3)16-8-17-14/h4-9H,15H2,1-3H3. The number of methoxy groups -OCH3 is 1. The first-order chi connectivity index (χ1) is 9.11. The third-order valence-corrected chi connectivity index (χ3v) is 2.77. The normalized spacial score (nSPS) is 10.5. The minimum atomic E-state index is 0.290. The molecule has 5 nitrogen and oxygen atoms in total. The van der Waals surface area contributed by atoms with Crippen LogP contribution in [0.5, 0.6) is 17.5 Å². The molecular weight excluding hydrogens is 242 g/mol. The molecule has 0 spiro atoms. The summed E-state index contributed by atoms with van der Waals surface area (Å²) >= 11 is 0. The number of nitrogens with two attached hydrogens (primary N) is 1. The quantitative estimate of drug-likeness (QED) is 0.914. The number of nitrogen functional groups attached to an aromatic ring is 1. The van der Waals surface area contributed by atoms with Gasteiger partial charge in [0.2, 0.25) is 11.8 Å². The molecule has 0 atom stereocenters. The lowest BCUT2D eigenvalue weighted by Crippen LogP contribution is -2.00. The van der Waals surface area contributed by atoms with Crippen LogP contribution in [-0.4, -0.2) is 17.1 Å². The van der Waals surface area contributed by atoms with Gasteiger partial charge >= 0.3 is 0 Å². The summed E-state index contributed by atoms with van der Waals surface area (Å²) in [6.45, 7) is 4.28. The predicted octanol–water partition coefficient (Wildman–Crippen LogP) is 2.98. The van der Waals surface area contributed by atoms with E-state index in [0.717, 1.165) is 0 Å². The number of ether oxygens (including phenoxy) is 2. The van der Waals surface area contributed by atoms with Gasteiger partial charge < -0.3 is 15.2 Å². The first kappa shape index (κ1) is 13.1. The Balaban J connectivity index is 2.21. The van der Waals surface area contributed by atoms with Crippen LogP contribution < -0.4 is 15.2 Å². The van der Waals surface area contributed by atoms with E-state index in [-0.39, 0.29) is 5.69 Å². The molecule has 1 aromatic heterocycles. The van der Waals surface area contributed by atoms with Gasteiger partial charge in [0.15, 0.2) is 5.69 Å². The van der Waals surface area contributed by atoms with E-state index in [4.69, 9.17) is 15.2 Å². The summed E-state index contributed by atoms with van der Waals surface area (Å²) in [5.74, 6) is 1.77. The molecule has 0 bridgehead atoms. The van der Waals surface area contributed by atoms with Crippen LogP contribution in [-0.2, 0) is 0 Å². The largest absolute Gasteiger partial charge is 0.479 e. The molecule has 0 aliphatic rings. The summed E-state index contributed by atoms with van der Waals surface area (Å²) in [4.78, 5) is 7.90. The lowest BCUT2D eigenvalue weighted by atomic mass is 10.0. The molecule has 2 aromatic rings. The minimum absolute atomic E-state index is 0.290.